The molecule has 0 amide bonds. The smallest absolute Gasteiger partial charge is 0.219 e. The molecule has 1 aromatic carbocycles. The minimum Gasteiger partial charge on any atom is -0.489 e. The van der Waals surface area contributed by atoms with Crippen LogP contribution in [0, 0.1) is 0 Å². The van der Waals surface area contributed by atoms with Crippen LogP contribution in [-0.4, -0.2) is 50.3 Å². The molecule has 4 aromatic rings. The minimum absolute atomic E-state index is 0.0808. The number of aromatic nitrogens is 5. The van der Waals surface area contributed by atoms with E-state index in [1.165, 1.54) is 6.33 Å². The summed E-state index contributed by atoms with van der Waals surface area (Å²) >= 11 is 0. The van der Waals surface area contributed by atoms with Crippen molar-refractivity contribution in [3.05, 3.63) is 55.1 Å². The summed E-state index contributed by atoms with van der Waals surface area (Å²) < 4.78 is 25.0. The summed E-state index contributed by atoms with van der Waals surface area (Å²) in [5.41, 5.74) is 0.789. The standard InChI is InChI=1S/C25H28N6O4/c1-17(34-24-5-3-4-12-32-24)15-33-19-7-9-23(26-14-19)35-18-6-8-21-20(13-18)25(28-16-27-21)29-22-10-11-31(2)30-22/h6-11,13-14,16-17,24H,3-5,12,15H2,1-2H3,(H,27,28,29,30)/t17-,24?/m1/s1. The van der Waals surface area contributed by atoms with Gasteiger partial charge in [0.15, 0.2) is 12.1 Å². The summed E-state index contributed by atoms with van der Waals surface area (Å²) in [7, 11) is 1.86. The Morgan fingerprint density at radius 3 is 2.80 bits per heavy atom. The Morgan fingerprint density at radius 1 is 1.11 bits per heavy atom. The number of benzene rings is 1. The Bertz CT molecular complexity index is 1260. The summed E-state index contributed by atoms with van der Waals surface area (Å²) in [6, 6.07) is 11.1. The lowest BCUT2D eigenvalue weighted by Gasteiger charge is -2.26. The normalized spacial score (nSPS) is 16.7. The molecule has 0 bridgehead atoms. The van der Waals surface area contributed by atoms with E-state index in [9.17, 15) is 0 Å². The van der Waals surface area contributed by atoms with Gasteiger partial charge in [0.1, 0.15) is 30.3 Å². The fraction of sp³-hybridized carbons (Fsp3) is 0.360. The van der Waals surface area contributed by atoms with Crippen molar-refractivity contribution >= 4 is 22.5 Å². The summed E-state index contributed by atoms with van der Waals surface area (Å²) in [6.07, 6.45) is 7.96. The first kappa shape index (κ1) is 23.0. The summed E-state index contributed by atoms with van der Waals surface area (Å²) in [6.45, 7) is 3.15. The predicted octanol–water partition coefficient (Wildman–Crippen LogP) is 4.60. The zero-order chi connectivity index (χ0) is 24.0. The maximum Gasteiger partial charge on any atom is 0.219 e. The van der Waals surface area contributed by atoms with Gasteiger partial charge in [0, 0.05) is 37.4 Å². The maximum atomic E-state index is 5.97. The van der Waals surface area contributed by atoms with Crippen molar-refractivity contribution in [1.29, 1.82) is 0 Å². The van der Waals surface area contributed by atoms with Crippen molar-refractivity contribution in [1.82, 2.24) is 24.7 Å². The Kier molecular flexibility index (Phi) is 7.01. The molecule has 2 atom stereocenters. The van der Waals surface area contributed by atoms with Crippen LogP contribution in [0.25, 0.3) is 10.9 Å². The van der Waals surface area contributed by atoms with Crippen LogP contribution in [-0.2, 0) is 16.5 Å². The highest BCUT2D eigenvalue weighted by Gasteiger charge is 2.17. The molecule has 1 aliphatic heterocycles. The number of nitrogens with zero attached hydrogens (tertiary/aromatic N) is 5. The first-order chi connectivity index (χ1) is 17.1. The van der Waals surface area contributed by atoms with Crippen LogP contribution in [0.2, 0.25) is 0 Å². The van der Waals surface area contributed by atoms with Crippen molar-refractivity contribution in [2.45, 2.75) is 38.6 Å². The molecule has 0 radical (unpaired) electrons. The molecular weight excluding hydrogens is 448 g/mol. The average Bonchev–Trinajstić information content (AvgIpc) is 3.29. The number of aryl methyl sites for hydroxylation is 1. The number of anilines is 2. The van der Waals surface area contributed by atoms with E-state index in [2.05, 4.69) is 25.4 Å². The third-order valence-corrected chi connectivity index (χ3v) is 5.51. The van der Waals surface area contributed by atoms with Crippen LogP contribution >= 0.6 is 0 Å². The van der Waals surface area contributed by atoms with Gasteiger partial charge in [0.2, 0.25) is 5.88 Å². The molecule has 1 aliphatic rings. The van der Waals surface area contributed by atoms with Crippen LogP contribution in [0.4, 0.5) is 11.6 Å². The van der Waals surface area contributed by atoms with Gasteiger partial charge in [-0.05, 0) is 50.5 Å². The molecule has 4 heterocycles. The van der Waals surface area contributed by atoms with E-state index < -0.39 is 0 Å². The number of ether oxygens (including phenoxy) is 4. The van der Waals surface area contributed by atoms with E-state index in [-0.39, 0.29) is 12.4 Å². The van der Waals surface area contributed by atoms with Crippen LogP contribution in [0.15, 0.2) is 55.1 Å². The van der Waals surface area contributed by atoms with Gasteiger partial charge < -0.3 is 24.3 Å². The van der Waals surface area contributed by atoms with E-state index in [0.29, 0.717) is 35.6 Å². The zero-order valence-electron chi connectivity index (χ0n) is 19.8. The van der Waals surface area contributed by atoms with Crippen LogP contribution in [0.1, 0.15) is 26.2 Å². The second kappa shape index (κ2) is 10.7. The topological polar surface area (TPSA) is 105 Å². The van der Waals surface area contributed by atoms with E-state index in [0.717, 1.165) is 36.8 Å². The van der Waals surface area contributed by atoms with Crippen molar-refractivity contribution in [3.8, 4) is 17.4 Å². The van der Waals surface area contributed by atoms with Crippen LogP contribution in [0.5, 0.6) is 17.4 Å². The molecule has 35 heavy (non-hydrogen) atoms. The highest BCUT2D eigenvalue weighted by molar-refractivity contribution is 5.91. The number of hydrogen-bond donors (Lipinski definition) is 1. The van der Waals surface area contributed by atoms with Gasteiger partial charge in [0.25, 0.3) is 0 Å². The first-order valence-corrected chi connectivity index (χ1v) is 11.7. The second-order valence-electron chi connectivity index (χ2n) is 8.39. The molecule has 10 heteroatoms. The lowest BCUT2D eigenvalue weighted by Crippen LogP contribution is -2.29. The minimum atomic E-state index is -0.136. The molecular formula is C25H28N6O4. The van der Waals surface area contributed by atoms with E-state index in [1.807, 2.05) is 50.5 Å². The summed E-state index contributed by atoms with van der Waals surface area (Å²) in [4.78, 5) is 13.1. The highest BCUT2D eigenvalue weighted by Crippen LogP contribution is 2.29. The quantitative estimate of drug-likeness (QED) is 0.371. The fourth-order valence-corrected chi connectivity index (χ4v) is 3.77. The van der Waals surface area contributed by atoms with E-state index in [4.69, 9.17) is 18.9 Å². The van der Waals surface area contributed by atoms with Gasteiger partial charge in [-0.1, -0.05) is 0 Å². The molecule has 1 unspecified atom stereocenters. The van der Waals surface area contributed by atoms with Crippen molar-refractivity contribution < 1.29 is 18.9 Å². The second-order valence-corrected chi connectivity index (χ2v) is 8.39. The number of rotatable bonds is 9. The van der Waals surface area contributed by atoms with Crippen molar-refractivity contribution in [2.24, 2.45) is 7.05 Å². The lowest BCUT2D eigenvalue weighted by atomic mass is 10.2. The number of nitrogens with one attached hydrogen (secondary N) is 1. The fourth-order valence-electron chi connectivity index (χ4n) is 3.77. The SMILES string of the molecule is C[C@H](COc1ccc(Oc2ccc3ncnc(Nc4ccn(C)n4)c3c2)nc1)OC1CCCCO1. The first-order valence-electron chi connectivity index (χ1n) is 11.7. The van der Waals surface area contributed by atoms with Crippen LogP contribution < -0.4 is 14.8 Å². The van der Waals surface area contributed by atoms with Crippen LogP contribution in [0.3, 0.4) is 0 Å². The van der Waals surface area contributed by atoms with Crippen molar-refractivity contribution in [3.63, 3.8) is 0 Å². The van der Waals surface area contributed by atoms with Crippen molar-refractivity contribution in [2.75, 3.05) is 18.5 Å². The molecule has 1 saturated heterocycles. The third kappa shape index (κ3) is 6.03. The average molecular weight is 477 g/mol. The summed E-state index contributed by atoms with van der Waals surface area (Å²) in [5, 5.41) is 8.38. The Labute approximate surface area is 203 Å². The van der Waals surface area contributed by atoms with Gasteiger partial charge in [0.05, 0.1) is 17.8 Å². The van der Waals surface area contributed by atoms with Gasteiger partial charge in [-0.3, -0.25) is 4.68 Å². The molecule has 1 fully saturated rings. The molecule has 0 aliphatic carbocycles. The lowest BCUT2D eigenvalue weighted by molar-refractivity contribution is -0.189. The predicted molar refractivity (Wildman–Crippen MR) is 130 cm³/mol. The van der Waals surface area contributed by atoms with E-state index >= 15 is 0 Å². The largest absolute Gasteiger partial charge is 0.489 e. The molecule has 0 saturated carbocycles. The number of fused-ring (bicyclic) bond motifs is 1. The van der Waals surface area contributed by atoms with E-state index in [1.54, 1.807) is 16.9 Å². The Hall–Kier alpha value is -3.76. The van der Waals surface area contributed by atoms with Gasteiger partial charge in [-0.2, -0.15) is 5.10 Å². The van der Waals surface area contributed by atoms with Gasteiger partial charge in [-0.15, -0.1) is 0 Å². The molecule has 182 valence electrons. The Morgan fingerprint density at radius 2 is 2.03 bits per heavy atom. The number of hydrogen-bond acceptors (Lipinski definition) is 9. The third-order valence-electron chi connectivity index (χ3n) is 5.51. The molecule has 0 spiro atoms. The summed E-state index contributed by atoms with van der Waals surface area (Å²) in [5.74, 6) is 3.05. The zero-order valence-corrected chi connectivity index (χ0v) is 19.8. The molecule has 1 N–H and O–H groups in total. The van der Waals surface area contributed by atoms with Gasteiger partial charge in [-0.25, -0.2) is 15.0 Å². The number of pyridine rings is 1. The molecule has 3 aromatic heterocycles. The maximum absolute atomic E-state index is 5.97. The molecule has 10 nitrogen and oxygen atoms in total. The Balaban J connectivity index is 1.20. The monoisotopic (exact) mass is 476 g/mol. The van der Waals surface area contributed by atoms with Gasteiger partial charge >= 0.3 is 0 Å². The highest BCUT2D eigenvalue weighted by atomic mass is 16.7. The molecule has 5 rings (SSSR count).